The van der Waals surface area contributed by atoms with Gasteiger partial charge in [-0.3, -0.25) is 0 Å². The molecule has 3 aromatic rings. The molecule has 1 atom stereocenters. The van der Waals surface area contributed by atoms with Gasteiger partial charge < -0.3 is 25.1 Å². The number of alkyl halides is 3. The highest BCUT2D eigenvalue weighted by Crippen LogP contribution is 2.52. The summed E-state index contributed by atoms with van der Waals surface area (Å²) in [6.07, 6.45) is -5.32. The Morgan fingerprint density at radius 2 is 1.81 bits per heavy atom. The molecule has 190 valence electrons. The molecule has 1 aliphatic rings. The van der Waals surface area contributed by atoms with E-state index in [1.54, 1.807) is 45.0 Å². The van der Waals surface area contributed by atoms with Crippen molar-refractivity contribution in [2.24, 2.45) is 5.73 Å². The van der Waals surface area contributed by atoms with Crippen LogP contribution < -0.4 is 15.2 Å². The van der Waals surface area contributed by atoms with E-state index in [-0.39, 0.29) is 23.3 Å². The zero-order chi connectivity index (χ0) is 26.5. The summed E-state index contributed by atoms with van der Waals surface area (Å²) in [6, 6.07) is 13.0. The number of amides is 1. The number of ether oxygens (including phenoxy) is 3. The molecule has 3 N–H and O–H groups in total. The molecule has 1 amide bonds. The number of methoxy groups -OCH3 is 1. The summed E-state index contributed by atoms with van der Waals surface area (Å²) in [5.74, 6) is -1.51. The van der Waals surface area contributed by atoms with E-state index >= 15 is 0 Å². The Balaban J connectivity index is 1.98. The maximum absolute atomic E-state index is 13.5. The number of carbonyl (C=O) groups is 1. The zero-order valence-corrected chi connectivity index (χ0v) is 20.2. The van der Waals surface area contributed by atoms with E-state index in [4.69, 9.17) is 19.9 Å². The van der Waals surface area contributed by atoms with Gasteiger partial charge in [0.15, 0.2) is 0 Å². The van der Waals surface area contributed by atoms with E-state index < -0.39 is 29.2 Å². The lowest BCUT2D eigenvalue weighted by molar-refractivity contribution is -0.138. The second-order valence-corrected chi connectivity index (χ2v) is 9.29. The molecular weight excluding hydrogens is 475 g/mol. The fraction of sp³-hybridized carbons (Fsp3) is 0.296. The van der Waals surface area contributed by atoms with Gasteiger partial charge in [-0.05, 0) is 61.7 Å². The Morgan fingerprint density at radius 1 is 1.11 bits per heavy atom. The van der Waals surface area contributed by atoms with E-state index in [0.717, 1.165) is 12.1 Å². The Bertz CT molecular complexity index is 1340. The summed E-state index contributed by atoms with van der Waals surface area (Å²) < 4.78 is 57.4. The molecule has 9 heteroatoms. The van der Waals surface area contributed by atoms with Gasteiger partial charge in [-0.25, -0.2) is 4.79 Å². The van der Waals surface area contributed by atoms with Crippen LogP contribution in [0, 0.1) is 6.92 Å². The van der Waals surface area contributed by atoms with Crippen LogP contribution in [-0.2, 0) is 23.1 Å². The van der Waals surface area contributed by atoms with E-state index in [1.165, 1.54) is 19.2 Å². The van der Waals surface area contributed by atoms with Crippen LogP contribution >= 0.6 is 0 Å². The number of hydrogen-bond donors (Lipinski definition) is 2. The minimum Gasteiger partial charge on any atom is -0.496 e. The molecular formula is C27H26F3NO5. The van der Waals surface area contributed by atoms with Crippen LogP contribution in [0.4, 0.5) is 18.0 Å². The minimum atomic E-state index is -4.61. The van der Waals surface area contributed by atoms with Crippen molar-refractivity contribution >= 4 is 6.09 Å². The highest BCUT2D eigenvalue weighted by Gasteiger charge is 2.45. The third kappa shape index (κ3) is 4.46. The lowest BCUT2D eigenvalue weighted by atomic mass is 9.80. The van der Waals surface area contributed by atoms with Crippen LogP contribution in [-0.4, -0.2) is 23.9 Å². The normalized spacial score (nSPS) is 17.0. The second kappa shape index (κ2) is 8.74. The molecule has 0 saturated heterocycles. The first-order valence-corrected chi connectivity index (χ1v) is 11.1. The van der Waals surface area contributed by atoms with Gasteiger partial charge in [-0.15, -0.1) is 0 Å². The van der Waals surface area contributed by atoms with Crippen LogP contribution in [0.3, 0.4) is 0 Å². The summed E-state index contributed by atoms with van der Waals surface area (Å²) in [5, 5.41) is 12.0. The average molecular weight is 502 g/mol. The molecule has 1 unspecified atom stereocenters. The fourth-order valence-electron chi connectivity index (χ4n) is 4.71. The van der Waals surface area contributed by atoms with Crippen molar-refractivity contribution in [3.63, 3.8) is 0 Å². The molecule has 0 spiro atoms. The number of fused-ring (bicyclic) bond motifs is 3. The van der Waals surface area contributed by atoms with Gasteiger partial charge in [0.1, 0.15) is 17.1 Å². The highest BCUT2D eigenvalue weighted by atomic mass is 19.4. The van der Waals surface area contributed by atoms with Crippen LogP contribution in [0.15, 0.2) is 54.6 Å². The molecule has 36 heavy (non-hydrogen) atoms. The number of nitrogens with two attached hydrogens (primary N) is 1. The topological polar surface area (TPSA) is 91.0 Å². The molecule has 0 radical (unpaired) electrons. The largest absolute Gasteiger partial charge is 0.496 e. The van der Waals surface area contributed by atoms with Crippen molar-refractivity contribution in [2.75, 3.05) is 7.11 Å². The molecule has 4 rings (SSSR count). The van der Waals surface area contributed by atoms with Gasteiger partial charge in [0, 0.05) is 17.5 Å². The molecule has 0 saturated carbocycles. The van der Waals surface area contributed by atoms with Crippen LogP contribution in [0.25, 0.3) is 11.1 Å². The molecule has 0 fully saturated rings. The molecule has 1 aliphatic heterocycles. The third-order valence-corrected chi connectivity index (χ3v) is 6.23. The van der Waals surface area contributed by atoms with Gasteiger partial charge in [0.05, 0.1) is 18.2 Å². The summed E-state index contributed by atoms with van der Waals surface area (Å²) in [7, 11) is 1.49. The van der Waals surface area contributed by atoms with Crippen molar-refractivity contribution in [2.45, 2.75) is 44.8 Å². The summed E-state index contributed by atoms with van der Waals surface area (Å²) in [4.78, 5) is 11.4. The smallest absolute Gasteiger partial charge is 0.416 e. The van der Waals surface area contributed by atoms with E-state index in [2.05, 4.69) is 0 Å². The van der Waals surface area contributed by atoms with Gasteiger partial charge in [0.2, 0.25) is 0 Å². The number of primary amides is 1. The van der Waals surface area contributed by atoms with Gasteiger partial charge in [-0.2, -0.15) is 13.2 Å². The summed E-state index contributed by atoms with van der Waals surface area (Å²) in [6.45, 7) is 5.10. The molecule has 1 heterocycles. The maximum Gasteiger partial charge on any atom is 0.416 e. The SMILES string of the molecule is COc1cccc2c1-c1ccc(CC(C)(C)OC(N)=O)c(C)c1C(O)(c1cccc(C(F)(F)F)c1)O2. The predicted octanol–water partition coefficient (Wildman–Crippen LogP) is 5.69. The van der Waals surface area contributed by atoms with Gasteiger partial charge in [-0.1, -0.05) is 30.3 Å². The van der Waals surface area contributed by atoms with Crippen molar-refractivity contribution in [3.05, 3.63) is 82.4 Å². The van der Waals surface area contributed by atoms with Gasteiger partial charge in [0.25, 0.3) is 5.79 Å². The van der Waals surface area contributed by atoms with Gasteiger partial charge >= 0.3 is 12.3 Å². The molecule has 0 aromatic heterocycles. The van der Waals surface area contributed by atoms with Crippen molar-refractivity contribution in [1.82, 2.24) is 0 Å². The van der Waals surface area contributed by atoms with Crippen LogP contribution in [0.1, 0.15) is 41.7 Å². The quantitative estimate of drug-likeness (QED) is 0.469. The number of benzene rings is 3. The van der Waals surface area contributed by atoms with Crippen molar-refractivity contribution in [1.29, 1.82) is 0 Å². The Morgan fingerprint density at radius 3 is 2.44 bits per heavy atom. The van der Waals surface area contributed by atoms with E-state index in [0.29, 0.717) is 28.0 Å². The molecule has 0 bridgehead atoms. The Labute approximate surface area is 206 Å². The first kappa shape index (κ1) is 25.4. The Kier molecular flexibility index (Phi) is 6.16. The maximum atomic E-state index is 13.5. The average Bonchev–Trinajstić information content (AvgIpc) is 2.78. The van der Waals surface area contributed by atoms with E-state index in [9.17, 15) is 23.1 Å². The Hall–Kier alpha value is -3.72. The third-order valence-electron chi connectivity index (χ3n) is 6.23. The second-order valence-electron chi connectivity index (χ2n) is 9.29. The fourth-order valence-corrected chi connectivity index (χ4v) is 4.71. The number of aliphatic hydroxyl groups is 1. The monoisotopic (exact) mass is 501 g/mol. The van der Waals surface area contributed by atoms with E-state index in [1.807, 2.05) is 6.07 Å². The zero-order valence-electron chi connectivity index (χ0n) is 20.2. The first-order chi connectivity index (χ1) is 16.8. The number of halogens is 3. The van der Waals surface area contributed by atoms with Crippen molar-refractivity contribution in [3.8, 4) is 22.6 Å². The van der Waals surface area contributed by atoms with Crippen molar-refractivity contribution < 1.29 is 37.3 Å². The van der Waals surface area contributed by atoms with Crippen LogP contribution in [0.5, 0.6) is 11.5 Å². The summed E-state index contributed by atoms with van der Waals surface area (Å²) in [5.41, 5.74) is 5.85. The number of carbonyl (C=O) groups excluding carboxylic acids is 1. The summed E-state index contributed by atoms with van der Waals surface area (Å²) >= 11 is 0. The minimum absolute atomic E-state index is 0.0834. The predicted molar refractivity (Wildman–Crippen MR) is 127 cm³/mol. The molecule has 3 aromatic carbocycles. The number of rotatable bonds is 5. The lowest BCUT2D eigenvalue weighted by Gasteiger charge is -2.39. The standard InChI is InChI=1S/C27H26F3NO5/c1-15-16(14-25(2,3)36-24(31)32)11-12-19-22-20(34-4)9-6-10-21(22)35-26(33,23(15)19)17-7-5-8-18(13-17)27(28,29)30/h5-13,33H,14H2,1-4H3,(H2,31,32). The number of hydrogen-bond acceptors (Lipinski definition) is 5. The lowest BCUT2D eigenvalue weighted by Crippen LogP contribution is -2.39. The molecule has 6 nitrogen and oxygen atoms in total. The highest BCUT2D eigenvalue weighted by molar-refractivity contribution is 5.83. The first-order valence-electron chi connectivity index (χ1n) is 11.1. The van der Waals surface area contributed by atoms with Crippen LogP contribution in [0.2, 0.25) is 0 Å². The molecule has 0 aliphatic carbocycles.